The number of rotatable bonds is 5. The summed E-state index contributed by atoms with van der Waals surface area (Å²) in [4.78, 5) is 34.5. The van der Waals surface area contributed by atoms with Crippen LogP contribution in [0.2, 0.25) is 0 Å². The van der Waals surface area contributed by atoms with Crippen molar-refractivity contribution in [2.75, 3.05) is 6.54 Å². The van der Waals surface area contributed by atoms with Crippen LogP contribution in [0, 0.1) is 11.8 Å². The highest BCUT2D eigenvalue weighted by molar-refractivity contribution is 5.88. The number of aliphatic carboxylic acids is 1. The summed E-state index contributed by atoms with van der Waals surface area (Å²) in [5, 5.41) is 14.4. The summed E-state index contributed by atoms with van der Waals surface area (Å²) in [6, 6.07) is 0.269. The molecule has 3 N–H and O–H groups in total. The Morgan fingerprint density at radius 1 is 1.00 bits per heavy atom. The Bertz CT molecular complexity index is 379. The van der Waals surface area contributed by atoms with Gasteiger partial charge in [0.2, 0.25) is 11.8 Å². The van der Waals surface area contributed by atoms with Crippen LogP contribution in [0.1, 0.15) is 38.5 Å². The van der Waals surface area contributed by atoms with E-state index in [4.69, 9.17) is 5.11 Å². The molecule has 106 valence electrons. The maximum absolute atomic E-state index is 12.0. The quantitative estimate of drug-likeness (QED) is 0.667. The van der Waals surface area contributed by atoms with Gasteiger partial charge in [-0.25, -0.2) is 0 Å². The van der Waals surface area contributed by atoms with Crippen LogP contribution in [-0.2, 0) is 14.4 Å². The van der Waals surface area contributed by atoms with Gasteiger partial charge in [0.15, 0.2) is 0 Å². The van der Waals surface area contributed by atoms with Gasteiger partial charge in [0.25, 0.3) is 0 Å². The lowest BCUT2D eigenvalue weighted by atomic mass is 9.79. The van der Waals surface area contributed by atoms with Crippen LogP contribution in [0.5, 0.6) is 0 Å². The van der Waals surface area contributed by atoms with Crippen LogP contribution in [0.25, 0.3) is 0 Å². The van der Waals surface area contributed by atoms with E-state index < -0.39 is 17.8 Å². The zero-order valence-electron chi connectivity index (χ0n) is 10.9. The van der Waals surface area contributed by atoms with E-state index in [9.17, 15) is 14.4 Å². The van der Waals surface area contributed by atoms with Crippen LogP contribution in [0.3, 0.4) is 0 Å². The van der Waals surface area contributed by atoms with Crippen LogP contribution in [0.15, 0.2) is 0 Å². The lowest BCUT2D eigenvalue weighted by Crippen LogP contribution is -2.44. The standard InChI is InChI=1S/C13H20N2O4/c16-11(15-8-5-6-8)7-14-12(17)9-3-1-2-4-10(9)13(18)19/h8-10H,1-7H2,(H,14,17)(H,15,16)(H,18,19)/t9-,10+/m1/s1. The Labute approximate surface area is 111 Å². The van der Waals surface area contributed by atoms with Crippen molar-refractivity contribution in [2.45, 2.75) is 44.6 Å². The fraction of sp³-hybridized carbons (Fsp3) is 0.769. The summed E-state index contributed by atoms with van der Waals surface area (Å²) in [5.41, 5.74) is 0. The third-order valence-corrected chi connectivity index (χ3v) is 3.79. The predicted octanol–water partition coefficient (Wildman–Crippen LogP) is 0.272. The van der Waals surface area contributed by atoms with Crippen molar-refractivity contribution in [3.63, 3.8) is 0 Å². The van der Waals surface area contributed by atoms with Gasteiger partial charge >= 0.3 is 5.97 Å². The van der Waals surface area contributed by atoms with Gasteiger partial charge in [0.05, 0.1) is 18.4 Å². The Morgan fingerprint density at radius 2 is 1.63 bits per heavy atom. The third kappa shape index (κ3) is 3.94. The van der Waals surface area contributed by atoms with E-state index in [1.54, 1.807) is 0 Å². The fourth-order valence-corrected chi connectivity index (χ4v) is 2.55. The van der Waals surface area contributed by atoms with Gasteiger partial charge in [-0.05, 0) is 25.7 Å². The van der Waals surface area contributed by atoms with Crippen molar-refractivity contribution in [3.05, 3.63) is 0 Å². The number of amides is 2. The minimum Gasteiger partial charge on any atom is -0.481 e. The summed E-state index contributed by atoms with van der Waals surface area (Å²) < 4.78 is 0. The highest BCUT2D eigenvalue weighted by Gasteiger charge is 2.35. The molecule has 0 aromatic rings. The van der Waals surface area contributed by atoms with Crippen LogP contribution < -0.4 is 10.6 Å². The van der Waals surface area contributed by atoms with Crippen molar-refractivity contribution in [3.8, 4) is 0 Å². The Hall–Kier alpha value is -1.59. The molecule has 2 aliphatic carbocycles. The molecule has 2 atom stereocenters. The molecule has 0 heterocycles. The summed E-state index contributed by atoms with van der Waals surface area (Å²) in [7, 11) is 0. The van der Waals surface area contributed by atoms with Crippen molar-refractivity contribution in [1.82, 2.24) is 10.6 Å². The molecule has 0 saturated heterocycles. The smallest absolute Gasteiger partial charge is 0.307 e. The Kier molecular flexibility index (Phi) is 4.39. The summed E-state index contributed by atoms with van der Waals surface area (Å²) >= 11 is 0. The first-order valence-corrected chi connectivity index (χ1v) is 6.88. The van der Waals surface area contributed by atoms with E-state index in [0.717, 1.165) is 25.7 Å². The van der Waals surface area contributed by atoms with Gasteiger partial charge in [-0.3, -0.25) is 14.4 Å². The molecule has 0 unspecified atom stereocenters. The van der Waals surface area contributed by atoms with E-state index >= 15 is 0 Å². The highest BCUT2D eigenvalue weighted by Crippen LogP contribution is 2.30. The minimum atomic E-state index is -0.915. The molecule has 0 bridgehead atoms. The zero-order valence-corrected chi connectivity index (χ0v) is 10.9. The first-order chi connectivity index (χ1) is 9.08. The van der Waals surface area contributed by atoms with E-state index in [-0.39, 0.29) is 24.4 Å². The predicted molar refractivity (Wildman–Crippen MR) is 67.3 cm³/mol. The monoisotopic (exact) mass is 268 g/mol. The molecule has 0 aromatic heterocycles. The van der Waals surface area contributed by atoms with Crippen LogP contribution >= 0.6 is 0 Å². The van der Waals surface area contributed by atoms with Crippen LogP contribution in [0.4, 0.5) is 0 Å². The molecule has 2 saturated carbocycles. The molecule has 2 fully saturated rings. The SMILES string of the molecule is O=C(CNC(=O)[C@@H]1CCCC[C@@H]1C(=O)O)NC1CC1. The molecule has 0 aliphatic heterocycles. The molecule has 2 aliphatic rings. The van der Waals surface area contributed by atoms with Gasteiger partial charge in [0.1, 0.15) is 0 Å². The average Bonchev–Trinajstić information content (AvgIpc) is 3.19. The van der Waals surface area contributed by atoms with E-state index in [0.29, 0.717) is 12.8 Å². The lowest BCUT2D eigenvalue weighted by molar-refractivity contribution is -0.149. The molecule has 19 heavy (non-hydrogen) atoms. The molecule has 6 heteroatoms. The van der Waals surface area contributed by atoms with E-state index in [1.807, 2.05) is 0 Å². The molecule has 2 rings (SSSR count). The first kappa shape index (κ1) is 13.8. The van der Waals surface area contributed by atoms with Gasteiger partial charge in [-0.1, -0.05) is 12.8 Å². The second-order valence-corrected chi connectivity index (χ2v) is 5.40. The van der Waals surface area contributed by atoms with Crippen molar-refractivity contribution in [1.29, 1.82) is 0 Å². The molecule has 6 nitrogen and oxygen atoms in total. The first-order valence-electron chi connectivity index (χ1n) is 6.88. The number of hydrogen-bond donors (Lipinski definition) is 3. The van der Waals surface area contributed by atoms with Crippen LogP contribution in [-0.4, -0.2) is 35.5 Å². The molecule has 0 radical (unpaired) electrons. The summed E-state index contributed by atoms with van der Waals surface area (Å²) in [6.07, 6.45) is 4.86. The number of hydrogen-bond acceptors (Lipinski definition) is 3. The van der Waals surface area contributed by atoms with Crippen molar-refractivity contribution >= 4 is 17.8 Å². The highest BCUT2D eigenvalue weighted by atomic mass is 16.4. The van der Waals surface area contributed by atoms with Gasteiger partial charge in [-0.15, -0.1) is 0 Å². The molecular formula is C13H20N2O4. The van der Waals surface area contributed by atoms with Crippen molar-refractivity contribution in [2.24, 2.45) is 11.8 Å². The van der Waals surface area contributed by atoms with E-state index in [1.165, 1.54) is 0 Å². The normalized spacial score (nSPS) is 26.5. The molecule has 0 spiro atoms. The molecule has 0 aromatic carbocycles. The van der Waals surface area contributed by atoms with E-state index in [2.05, 4.69) is 10.6 Å². The Balaban J connectivity index is 1.79. The number of carbonyl (C=O) groups excluding carboxylic acids is 2. The van der Waals surface area contributed by atoms with Gasteiger partial charge < -0.3 is 15.7 Å². The maximum atomic E-state index is 12.0. The number of carboxylic acid groups (broad SMARTS) is 1. The maximum Gasteiger partial charge on any atom is 0.307 e. The number of nitrogens with one attached hydrogen (secondary N) is 2. The van der Waals surface area contributed by atoms with Crippen molar-refractivity contribution < 1.29 is 19.5 Å². The summed E-state index contributed by atoms with van der Waals surface area (Å²) in [5.74, 6) is -2.53. The minimum absolute atomic E-state index is 0.0574. The molecule has 2 amide bonds. The van der Waals surface area contributed by atoms with Gasteiger partial charge in [0, 0.05) is 6.04 Å². The van der Waals surface area contributed by atoms with Gasteiger partial charge in [-0.2, -0.15) is 0 Å². The Morgan fingerprint density at radius 3 is 2.21 bits per heavy atom. The third-order valence-electron chi connectivity index (χ3n) is 3.79. The largest absolute Gasteiger partial charge is 0.481 e. The number of carbonyl (C=O) groups is 3. The molecular weight excluding hydrogens is 248 g/mol. The fourth-order valence-electron chi connectivity index (χ4n) is 2.55. The average molecular weight is 268 g/mol. The summed E-state index contributed by atoms with van der Waals surface area (Å²) in [6.45, 7) is -0.0574. The second-order valence-electron chi connectivity index (χ2n) is 5.40. The lowest BCUT2D eigenvalue weighted by Gasteiger charge is -2.27. The second kappa shape index (κ2) is 6.04. The zero-order chi connectivity index (χ0) is 13.8. The number of carboxylic acids is 1. The topological polar surface area (TPSA) is 95.5 Å².